The van der Waals surface area contributed by atoms with Crippen LogP contribution in [-0.2, 0) is 0 Å². The van der Waals surface area contributed by atoms with E-state index in [9.17, 15) is 23.1 Å². The van der Waals surface area contributed by atoms with Gasteiger partial charge >= 0.3 is 5.97 Å². The first kappa shape index (κ1) is 19.8. The van der Waals surface area contributed by atoms with Crippen molar-refractivity contribution in [2.24, 2.45) is 0 Å². The third-order valence-corrected chi connectivity index (χ3v) is 4.38. The topological polar surface area (TPSA) is 88.0 Å². The zero-order valence-corrected chi connectivity index (χ0v) is 15.4. The highest BCUT2D eigenvalue weighted by Gasteiger charge is 2.21. The largest absolute Gasteiger partial charge is 0.478 e. The first-order chi connectivity index (χ1) is 13.2. The number of aryl methyl sites for hydroxylation is 1. The summed E-state index contributed by atoms with van der Waals surface area (Å²) in [6.07, 6.45) is -2.95. The van der Waals surface area contributed by atoms with E-state index in [1.807, 2.05) is 0 Å². The molecule has 2 heterocycles. The van der Waals surface area contributed by atoms with Crippen molar-refractivity contribution in [2.75, 3.05) is 5.32 Å². The predicted octanol–water partition coefficient (Wildman–Crippen LogP) is 4.93. The Morgan fingerprint density at radius 2 is 1.89 bits per heavy atom. The first-order valence-electron chi connectivity index (χ1n) is 8.10. The van der Waals surface area contributed by atoms with Crippen molar-refractivity contribution >= 4 is 34.4 Å². The van der Waals surface area contributed by atoms with Crippen molar-refractivity contribution in [1.29, 1.82) is 0 Å². The van der Waals surface area contributed by atoms with E-state index in [4.69, 9.17) is 11.6 Å². The Kier molecular flexibility index (Phi) is 5.37. The van der Waals surface area contributed by atoms with E-state index in [2.05, 4.69) is 20.3 Å². The molecule has 1 aromatic carbocycles. The zero-order chi connectivity index (χ0) is 20.6. The van der Waals surface area contributed by atoms with Crippen LogP contribution >= 0.6 is 11.6 Å². The van der Waals surface area contributed by atoms with E-state index in [1.54, 1.807) is 13.8 Å². The molecule has 10 heteroatoms. The standard InChI is InChI=1S/C18H14ClF3N4O2/c1-7(9-4-3-5-10(13(9)20)15(21)22)23-16-12-6-11(18(27)28)14(19)26-17(12)25-8(2)24-16/h3-7,15H,1-2H3,(H,27,28)(H,23,24,25,26)/t7-/m1/s1. The molecular weight excluding hydrogens is 397 g/mol. The van der Waals surface area contributed by atoms with E-state index in [1.165, 1.54) is 18.2 Å². The molecule has 2 aromatic heterocycles. The maximum atomic E-state index is 14.4. The highest BCUT2D eigenvalue weighted by atomic mass is 35.5. The van der Waals surface area contributed by atoms with Crippen LogP contribution in [-0.4, -0.2) is 26.0 Å². The molecule has 3 rings (SSSR count). The molecule has 0 aliphatic heterocycles. The molecule has 0 saturated heterocycles. The van der Waals surface area contributed by atoms with Crippen LogP contribution in [0.5, 0.6) is 0 Å². The molecule has 0 radical (unpaired) electrons. The summed E-state index contributed by atoms with van der Waals surface area (Å²) < 4.78 is 40.4. The van der Waals surface area contributed by atoms with Crippen LogP contribution in [0.2, 0.25) is 5.15 Å². The van der Waals surface area contributed by atoms with Gasteiger partial charge in [-0.05, 0) is 19.9 Å². The Morgan fingerprint density at radius 3 is 2.54 bits per heavy atom. The molecule has 0 aliphatic carbocycles. The Hall–Kier alpha value is -2.94. The number of nitrogens with zero attached hydrogens (tertiary/aromatic N) is 3. The zero-order valence-electron chi connectivity index (χ0n) is 14.7. The summed E-state index contributed by atoms with van der Waals surface area (Å²) >= 11 is 5.88. The number of fused-ring (bicyclic) bond motifs is 1. The number of aromatic carboxylic acids is 1. The SMILES string of the molecule is Cc1nc(N[C@H](C)c2cccc(C(F)F)c2F)c2cc(C(=O)O)c(Cl)nc2n1. The molecule has 0 spiro atoms. The van der Waals surface area contributed by atoms with Gasteiger partial charge in [0.05, 0.1) is 22.6 Å². The van der Waals surface area contributed by atoms with Crippen LogP contribution < -0.4 is 5.32 Å². The number of benzene rings is 1. The van der Waals surface area contributed by atoms with Gasteiger partial charge in [0.25, 0.3) is 6.43 Å². The van der Waals surface area contributed by atoms with E-state index < -0.39 is 29.8 Å². The second-order valence-electron chi connectivity index (χ2n) is 6.04. The number of alkyl halides is 2. The number of halogens is 4. The quantitative estimate of drug-likeness (QED) is 0.579. The molecular formula is C18H14ClF3N4O2. The third kappa shape index (κ3) is 3.70. The normalized spacial score (nSPS) is 12.4. The number of carboxylic acid groups (broad SMARTS) is 1. The van der Waals surface area contributed by atoms with Crippen molar-refractivity contribution in [3.05, 3.63) is 57.8 Å². The highest BCUT2D eigenvalue weighted by Crippen LogP contribution is 2.31. The second kappa shape index (κ2) is 7.59. The van der Waals surface area contributed by atoms with Crippen LogP contribution in [0.4, 0.5) is 19.0 Å². The van der Waals surface area contributed by atoms with Gasteiger partial charge in [-0.25, -0.2) is 32.9 Å². The van der Waals surface area contributed by atoms with Gasteiger partial charge in [0, 0.05) is 5.56 Å². The van der Waals surface area contributed by atoms with Crippen molar-refractivity contribution in [2.45, 2.75) is 26.3 Å². The van der Waals surface area contributed by atoms with Gasteiger partial charge in [0.15, 0.2) is 5.65 Å². The fourth-order valence-corrected chi connectivity index (χ4v) is 2.97. The minimum absolute atomic E-state index is 0.0163. The molecule has 0 amide bonds. The maximum absolute atomic E-state index is 14.4. The summed E-state index contributed by atoms with van der Waals surface area (Å²) in [7, 11) is 0. The van der Waals surface area contributed by atoms with Gasteiger partial charge in [-0.3, -0.25) is 0 Å². The van der Waals surface area contributed by atoms with Crippen molar-refractivity contribution in [3.8, 4) is 0 Å². The molecule has 0 bridgehead atoms. The third-order valence-electron chi connectivity index (χ3n) is 4.10. The molecule has 0 aliphatic rings. The molecule has 6 nitrogen and oxygen atoms in total. The lowest BCUT2D eigenvalue weighted by molar-refractivity contribution is 0.0697. The molecule has 0 unspecified atom stereocenters. The first-order valence-corrected chi connectivity index (χ1v) is 8.48. The minimum Gasteiger partial charge on any atom is -0.478 e. The number of rotatable bonds is 5. The van der Waals surface area contributed by atoms with E-state index in [0.717, 1.165) is 6.07 Å². The van der Waals surface area contributed by atoms with Crippen LogP contribution in [0, 0.1) is 12.7 Å². The number of anilines is 1. The molecule has 0 fully saturated rings. The molecule has 0 saturated carbocycles. The van der Waals surface area contributed by atoms with E-state index >= 15 is 0 Å². The van der Waals surface area contributed by atoms with Gasteiger partial charge in [-0.1, -0.05) is 29.8 Å². The van der Waals surface area contributed by atoms with Gasteiger partial charge in [0.2, 0.25) is 0 Å². The fourth-order valence-electron chi connectivity index (χ4n) is 2.76. The summed E-state index contributed by atoms with van der Waals surface area (Å²) in [4.78, 5) is 23.6. The van der Waals surface area contributed by atoms with Crippen molar-refractivity contribution in [3.63, 3.8) is 0 Å². The average molecular weight is 411 g/mol. The number of hydrogen-bond acceptors (Lipinski definition) is 5. The van der Waals surface area contributed by atoms with Crippen LogP contribution in [0.3, 0.4) is 0 Å². The van der Waals surface area contributed by atoms with Crippen LogP contribution in [0.25, 0.3) is 11.0 Å². The second-order valence-corrected chi connectivity index (χ2v) is 6.40. The summed E-state index contributed by atoms with van der Waals surface area (Å²) in [5, 5.41) is 12.2. The van der Waals surface area contributed by atoms with Gasteiger partial charge < -0.3 is 10.4 Å². The lowest BCUT2D eigenvalue weighted by Gasteiger charge is -2.18. The lowest BCUT2D eigenvalue weighted by atomic mass is 10.0. The Bertz CT molecular complexity index is 1080. The number of carboxylic acids is 1. The Labute approximate surface area is 162 Å². The molecule has 2 N–H and O–H groups in total. The molecule has 3 aromatic rings. The molecule has 28 heavy (non-hydrogen) atoms. The van der Waals surface area contributed by atoms with Gasteiger partial charge in [0.1, 0.15) is 22.6 Å². The lowest BCUT2D eigenvalue weighted by Crippen LogP contribution is -2.13. The van der Waals surface area contributed by atoms with E-state index in [0.29, 0.717) is 5.82 Å². The summed E-state index contributed by atoms with van der Waals surface area (Å²) in [6.45, 7) is 3.16. The smallest absolute Gasteiger partial charge is 0.338 e. The van der Waals surface area contributed by atoms with Crippen molar-refractivity contribution in [1.82, 2.24) is 15.0 Å². The van der Waals surface area contributed by atoms with Crippen molar-refractivity contribution < 1.29 is 23.1 Å². The molecule has 146 valence electrons. The Morgan fingerprint density at radius 1 is 1.21 bits per heavy atom. The predicted molar refractivity (Wildman–Crippen MR) is 97.4 cm³/mol. The summed E-state index contributed by atoms with van der Waals surface area (Å²) in [6, 6.07) is 4.25. The fraction of sp³-hybridized carbons (Fsp3) is 0.222. The number of hydrogen-bond donors (Lipinski definition) is 2. The number of nitrogens with one attached hydrogen (secondary N) is 1. The number of aromatic nitrogens is 3. The summed E-state index contributed by atoms with van der Waals surface area (Å²) in [5.74, 6) is -1.80. The van der Waals surface area contributed by atoms with Crippen LogP contribution in [0.15, 0.2) is 24.3 Å². The Balaban J connectivity index is 2.08. The number of carbonyl (C=O) groups is 1. The average Bonchev–Trinajstić information content (AvgIpc) is 2.60. The molecule has 1 atom stereocenters. The number of pyridine rings is 1. The van der Waals surface area contributed by atoms with Gasteiger partial charge in [-0.15, -0.1) is 0 Å². The maximum Gasteiger partial charge on any atom is 0.338 e. The van der Waals surface area contributed by atoms with Gasteiger partial charge in [-0.2, -0.15) is 0 Å². The van der Waals surface area contributed by atoms with Crippen LogP contribution in [0.1, 0.15) is 46.7 Å². The highest BCUT2D eigenvalue weighted by molar-refractivity contribution is 6.32. The summed E-state index contributed by atoms with van der Waals surface area (Å²) in [5.41, 5.74) is -0.777. The monoisotopic (exact) mass is 410 g/mol. The van der Waals surface area contributed by atoms with E-state index in [-0.39, 0.29) is 33.1 Å². The minimum atomic E-state index is -2.95.